The van der Waals surface area contributed by atoms with Gasteiger partial charge in [0.25, 0.3) is 0 Å². The number of hydrogen-bond donors (Lipinski definition) is 0. The highest BCUT2D eigenvalue weighted by atomic mass is 79.9. The minimum Gasteiger partial charge on any atom is -0.447 e. The molecule has 1 atom stereocenters. The fourth-order valence-corrected chi connectivity index (χ4v) is 1.48. The molecule has 0 bridgehead atoms. The van der Waals surface area contributed by atoms with E-state index in [0.29, 0.717) is 5.56 Å². The summed E-state index contributed by atoms with van der Waals surface area (Å²) >= 11 is 3.27. The van der Waals surface area contributed by atoms with Crippen molar-refractivity contribution in [3.63, 3.8) is 0 Å². The summed E-state index contributed by atoms with van der Waals surface area (Å²) in [6.07, 6.45) is 0.761. The summed E-state index contributed by atoms with van der Waals surface area (Å²) in [5, 5.41) is -0.203. The number of rotatable bonds is 3. The Morgan fingerprint density at radius 2 is 2.13 bits per heavy atom. The number of carbonyl (C=O) groups is 1. The van der Waals surface area contributed by atoms with Crippen LogP contribution in [-0.2, 0) is 4.74 Å². The van der Waals surface area contributed by atoms with Crippen LogP contribution in [-0.4, -0.2) is 11.0 Å². The fraction of sp³-hybridized carbons (Fsp3) is 0.417. The second kappa shape index (κ2) is 5.31. The molecule has 0 spiro atoms. The van der Waals surface area contributed by atoms with E-state index in [0.717, 1.165) is 17.5 Å². The van der Waals surface area contributed by atoms with Gasteiger partial charge in [-0.3, -0.25) is 0 Å². The van der Waals surface area contributed by atoms with Crippen molar-refractivity contribution < 1.29 is 9.53 Å². The number of carbonyl (C=O) groups excluding carboxylic acids is 1. The van der Waals surface area contributed by atoms with Crippen molar-refractivity contribution in [2.24, 2.45) is 0 Å². The predicted molar refractivity (Wildman–Crippen MR) is 64.3 cm³/mol. The van der Waals surface area contributed by atoms with Gasteiger partial charge in [-0.2, -0.15) is 0 Å². The summed E-state index contributed by atoms with van der Waals surface area (Å²) in [6, 6.07) is 5.70. The lowest BCUT2D eigenvalue weighted by molar-refractivity contribution is 0.0463. The Kier molecular flexibility index (Phi) is 4.33. The van der Waals surface area contributed by atoms with Crippen LogP contribution in [0.5, 0.6) is 0 Å². The topological polar surface area (TPSA) is 26.3 Å². The summed E-state index contributed by atoms with van der Waals surface area (Å²) in [5.41, 5.74) is 2.74. The van der Waals surface area contributed by atoms with E-state index >= 15 is 0 Å². The van der Waals surface area contributed by atoms with Crippen molar-refractivity contribution in [1.29, 1.82) is 0 Å². The summed E-state index contributed by atoms with van der Waals surface area (Å²) < 4.78 is 5.18. The van der Waals surface area contributed by atoms with Gasteiger partial charge in [0, 0.05) is 0 Å². The molecular weight excluding hydrogens is 256 g/mol. The van der Waals surface area contributed by atoms with E-state index in [4.69, 9.17) is 4.74 Å². The Labute approximate surface area is 98.8 Å². The summed E-state index contributed by atoms with van der Waals surface area (Å²) in [7, 11) is 0. The molecule has 0 aliphatic rings. The Balaban J connectivity index is 2.82. The maximum atomic E-state index is 11.7. The molecule has 0 N–H and O–H groups in total. The van der Waals surface area contributed by atoms with E-state index in [-0.39, 0.29) is 11.0 Å². The third kappa shape index (κ3) is 3.34. The third-order valence-electron chi connectivity index (χ3n) is 2.16. The van der Waals surface area contributed by atoms with Gasteiger partial charge >= 0.3 is 5.97 Å². The average molecular weight is 271 g/mol. The van der Waals surface area contributed by atoms with Crippen LogP contribution in [0.3, 0.4) is 0 Å². The van der Waals surface area contributed by atoms with Gasteiger partial charge in [-0.25, -0.2) is 4.79 Å². The molecule has 0 aromatic heterocycles. The van der Waals surface area contributed by atoms with Crippen LogP contribution in [0.4, 0.5) is 0 Å². The van der Waals surface area contributed by atoms with Crippen molar-refractivity contribution in [3.8, 4) is 0 Å². The SMILES string of the molecule is CCC(Br)OC(=O)c1ccc(C)cc1C. The highest BCUT2D eigenvalue weighted by molar-refractivity contribution is 9.09. The van der Waals surface area contributed by atoms with E-state index in [9.17, 15) is 4.79 Å². The maximum Gasteiger partial charge on any atom is 0.339 e. The number of alkyl halides is 1. The number of benzene rings is 1. The molecule has 3 heteroatoms. The highest BCUT2D eigenvalue weighted by Gasteiger charge is 2.13. The Morgan fingerprint density at radius 3 is 2.67 bits per heavy atom. The highest BCUT2D eigenvalue weighted by Crippen LogP contribution is 2.15. The Hall–Kier alpha value is -0.830. The second-order valence-corrected chi connectivity index (χ2v) is 4.56. The van der Waals surface area contributed by atoms with Gasteiger partial charge < -0.3 is 4.74 Å². The van der Waals surface area contributed by atoms with Gasteiger partial charge in [0.1, 0.15) is 0 Å². The first-order chi connectivity index (χ1) is 7.04. The predicted octanol–water partition coefficient (Wildman–Crippen LogP) is 3.59. The standard InChI is InChI=1S/C12H15BrO2/c1-4-11(13)15-12(14)10-6-5-8(2)7-9(10)3/h5-7,11H,4H2,1-3H3. The lowest BCUT2D eigenvalue weighted by Crippen LogP contribution is -2.12. The number of aryl methyl sites for hydroxylation is 2. The zero-order chi connectivity index (χ0) is 11.4. The molecule has 0 aliphatic carbocycles. The van der Waals surface area contributed by atoms with Crippen molar-refractivity contribution >= 4 is 21.9 Å². The normalized spacial score (nSPS) is 12.3. The largest absolute Gasteiger partial charge is 0.447 e. The molecule has 1 unspecified atom stereocenters. The molecule has 0 saturated heterocycles. The first-order valence-corrected chi connectivity index (χ1v) is 5.88. The lowest BCUT2D eigenvalue weighted by atomic mass is 10.1. The number of halogens is 1. The smallest absolute Gasteiger partial charge is 0.339 e. The quantitative estimate of drug-likeness (QED) is 0.620. The summed E-state index contributed by atoms with van der Waals surface area (Å²) in [5.74, 6) is -0.267. The van der Waals surface area contributed by atoms with Crippen LogP contribution in [0.25, 0.3) is 0 Å². The molecule has 1 aromatic carbocycles. The van der Waals surface area contributed by atoms with Gasteiger partial charge in [0.2, 0.25) is 0 Å². The molecule has 0 heterocycles. The molecule has 82 valence electrons. The van der Waals surface area contributed by atoms with Gasteiger partial charge in [0.15, 0.2) is 5.01 Å². The minimum atomic E-state index is -0.267. The fourth-order valence-electron chi connectivity index (χ4n) is 1.31. The maximum absolute atomic E-state index is 11.7. The summed E-state index contributed by atoms with van der Waals surface area (Å²) in [4.78, 5) is 11.7. The average Bonchev–Trinajstić information content (AvgIpc) is 2.17. The van der Waals surface area contributed by atoms with Crippen molar-refractivity contribution in [2.45, 2.75) is 32.2 Å². The minimum absolute atomic E-state index is 0.203. The first kappa shape index (κ1) is 12.2. The van der Waals surface area contributed by atoms with Crippen molar-refractivity contribution in [2.75, 3.05) is 0 Å². The van der Waals surface area contributed by atoms with Crippen molar-refractivity contribution in [1.82, 2.24) is 0 Å². The van der Waals surface area contributed by atoms with E-state index in [1.54, 1.807) is 0 Å². The van der Waals surface area contributed by atoms with Gasteiger partial charge in [-0.05, 0) is 47.8 Å². The van der Waals surface area contributed by atoms with E-state index in [1.807, 2.05) is 39.0 Å². The van der Waals surface area contributed by atoms with Crippen LogP contribution < -0.4 is 0 Å². The molecule has 15 heavy (non-hydrogen) atoms. The van der Waals surface area contributed by atoms with Crippen LogP contribution in [0, 0.1) is 13.8 Å². The number of esters is 1. The number of hydrogen-bond acceptors (Lipinski definition) is 2. The van der Waals surface area contributed by atoms with Crippen molar-refractivity contribution in [3.05, 3.63) is 34.9 Å². The molecule has 0 radical (unpaired) electrons. The van der Waals surface area contributed by atoms with Gasteiger partial charge in [-0.1, -0.05) is 24.6 Å². The third-order valence-corrected chi connectivity index (χ3v) is 2.99. The Bertz CT molecular complexity index is 361. The zero-order valence-electron chi connectivity index (χ0n) is 9.21. The summed E-state index contributed by atoms with van der Waals surface area (Å²) in [6.45, 7) is 5.87. The molecule has 0 fully saturated rings. The van der Waals surface area contributed by atoms with Gasteiger partial charge in [0.05, 0.1) is 5.56 Å². The van der Waals surface area contributed by atoms with Crippen LogP contribution in [0.2, 0.25) is 0 Å². The second-order valence-electron chi connectivity index (χ2n) is 3.54. The molecule has 0 amide bonds. The van der Waals surface area contributed by atoms with E-state index in [2.05, 4.69) is 15.9 Å². The molecule has 0 aliphatic heterocycles. The lowest BCUT2D eigenvalue weighted by Gasteiger charge is -2.11. The molecular formula is C12H15BrO2. The zero-order valence-corrected chi connectivity index (χ0v) is 10.8. The first-order valence-electron chi connectivity index (χ1n) is 4.97. The van der Waals surface area contributed by atoms with Gasteiger partial charge in [-0.15, -0.1) is 0 Å². The molecule has 1 rings (SSSR count). The number of ether oxygens (including phenoxy) is 1. The van der Waals surface area contributed by atoms with Crippen LogP contribution in [0.15, 0.2) is 18.2 Å². The van der Waals surface area contributed by atoms with Crippen LogP contribution >= 0.6 is 15.9 Å². The molecule has 2 nitrogen and oxygen atoms in total. The molecule has 0 saturated carbocycles. The van der Waals surface area contributed by atoms with E-state index in [1.165, 1.54) is 0 Å². The van der Waals surface area contributed by atoms with Crippen LogP contribution in [0.1, 0.15) is 34.8 Å². The molecule has 1 aromatic rings. The van der Waals surface area contributed by atoms with E-state index < -0.39 is 0 Å². The Morgan fingerprint density at radius 1 is 1.47 bits per heavy atom. The monoisotopic (exact) mass is 270 g/mol.